The number of nitrogens with zero attached hydrogens (tertiary/aromatic N) is 1. The highest BCUT2D eigenvalue weighted by Crippen LogP contribution is 2.17. The fraction of sp³-hybridized carbons (Fsp3) is 0.133. The van der Waals surface area contributed by atoms with Crippen molar-refractivity contribution < 1.29 is 20.2 Å². The van der Waals surface area contributed by atoms with Gasteiger partial charge in [0, 0.05) is 11.1 Å². The summed E-state index contributed by atoms with van der Waals surface area (Å²) in [7, 11) is 0. The van der Waals surface area contributed by atoms with Crippen molar-refractivity contribution in [3.63, 3.8) is 0 Å². The summed E-state index contributed by atoms with van der Waals surface area (Å²) in [4.78, 5) is 5.03. The van der Waals surface area contributed by atoms with Crippen LogP contribution in [0.3, 0.4) is 0 Å². The molecule has 0 amide bonds. The number of hydrogen-bond acceptors (Lipinski definition) is 5. The molecule has 20 heavy (non-hydrogen) atoms. The molecule has 0 radical (unpaired) electrons. The molecule has 2 rings (SSSR count). The molecule has 0 saturated heterocycles. The molecule has 0 saturated carbocycles. The van der Waals surface area contributed by atoms with Gasteiger partial charge in [-0.2, -0.15) is 0 Å². The third-order valence-corrected chi connectivity index (χ3v) is 2.62. The van der Waals surface area contributed by atoms with Crippen LogP contribution < -0.4 is 0 Å². The predicted molar refractivity (Wildman–Crippen MR) is 74.9 cm³/mol. The Kier molecular flexibility index (Phi) is 4.57. The zero-order valence-corrected chi connectivity index (χ0v) is 10.7. The standard InChI is InChI=1S/C15H15NO4/c17-9-10-20-16-15(11-1-5-13(18)6-2-11)12-3-7-14(19)8-4-12/h1-8,17-19H,9-10H2. The number of hydrogen-bond donors (Lipinski definition) is 3. The minimum absolute atomic E-state index is 0.0969. The highest BCUT2D eigenvalue weighted by atomic mass is 16.6. The second-order valence-electron chi connectivity index (χ2n) is 4.09. The van der Waals surface area contributed by atoms with E-state index in [4.69, 9.17) is 9.94 Å². The van der Waals surface area contributed by atoms with E-state index in [1.165, 1.54) is 0 Å². The second-order valence-corrected chi connectivity index (χ2v) is 4.09. The molecule has 0 aliphatic rings. The van der Waals surface area contributed by atoms with Gasteiger partial charge in [0.1, 0.15) is 23.8 Å². The summed E-state index contributed by atoms with van der Waals surface area (Å²) in [5.74, 6) is 0.324. The Balaban J connectivity index is 2.36. The maximum absolute atomic E-state index is 9.32. The monoisotopic (exact) mass is 273 g/mol. The SMILES string of the molecule is OCCON=C(c1ccc(O)cc1)c1ccc(O)cc1. The number of oxime groups is 1. The van der Waals surface area contributed by atoms with Crippen LogP contribution in [0.25, 0.3) is 0 Å². The summed E-state index contributed by atoms with van der Waals surface area (Å²) in [5, 5.41) is 31.4. The van der Waals surface area contributed by atoms with Gasteiger partial charge in [0.25, 0.3) is 0 Å². The highest BCUT2D eigenvalue weighted by molar-refractivity contribution is 6.12. The van der Waals surface area contributed by atoms with Gasteiger partial charge >= 0.3 is 0 Å². The summed E-state index contributed by atoms with van der Waals surface area (Å²) in [6, 6.07) is 13.1. The lowest BCUT2D eigenvalue weighted by atomic mass is 10.0. The maximum atomic E-state index is 9.32. The highest BCUT2D eigenvalue weighted by Gasteiger charge is 2.08. The zero-order chi connectivity index (χ0) is 14.4. The van der Waals surface area contributed by atoms with Crippen LogP contribution in [0.2, 0.25) is 0 Å². The van der Waals surface area contributed by atoms with Crippen molar-refractivity contribution in [2.75, 3.05) is 13.2 Å². The lowest BCUT2D eigenvalue weighted by Gasteiger charge is -2.07. The fourth-order valence-electron chi connectivity index (χ4n) is 1.66. The van der Waals surface area contributed by atoms with E-state index < -0.39 is 0 Å². The van der Waals surface area contributed by atoms with Crippen molar-refractivity contribution in [1.82, 2.24) is 0 Å². The molecule has 0 spiro atoms. The van der Waals surface area contributed by atoms with Crippen molar-refractivity contribution in [3.8, 4) is 11.5 Å². The van der Waals surface area contributed by atoms with E-state index in [0.717, 1.165) is 11.1 Å². The first-order chi connectivity index (χ1) is 9.70. The summed E-state index contributed by atoms with van der Waals surface area (Å²) in [6.07, 6.45) is 0. The van der Waals surface area contributed by atoms with Gasteiger partial charge in [0.15, 0.2) is 0 Å². The van der Waals surface area contributed by atoms with Crippen molar-refractivity contribution in [2.45, 2.75) is 0 Å². The number of aromatic hydroxyl groups is 2. The van der Waals surface area contributed by atoms with Gasteiger partial charge in [-0.1, -0.05) is 5.16 Å². The average molecular weight is 273 g/mol. The molecule has 0 unspecified atom stereocenters. The van der Waals surface area contributed by atoms with E-state index >= 15 is 0 Å². The quantitative estimate of drug-likeness (QED) is 0.441. The summed E-state index contributed by atoms with van der Waals surface area (Å²) in [5.41, 5.74) is 2.07. The molecule has 3 N–H and O–H groups in total. The molecule has 0 heterocycles. The molecule has 0 bridgehead atoms. The third-order valence-electron chi connectivity index (χ3n) is 2.62. The maximum Gasteiger partial charge on any atom is 0.140 e. The predicted octanol–water partition coefficient (Wildman–Crippen LogP) is 1.86. The molecule has 5 nitrogen and oxygen atoms in total. The fourth-order valence-corrected chi connectivity index (χ4v) is 1.66. The first-order valence-electron chi connectivity index (χ1n) is 6.10. The number of aliphatic hydroxyl groups excluding tert-OH is 1. The van der Waals surface area contributed by atoms with Gasteiger partial charge in [-0.15, -0.1) is 0 Å². The molecule has 0 aliphatic carbocycles. The normalized spacial score (nSPS) is 10.1. The van der Waals surface area contributed by atoms with Crippen LogP contribution in [0.15, 0.2) is 53.7 Å². The minimum Gasteiger partial charge on any atom is -0.508 e. The number of phenols is 2. The van der Waals surface area contributed by atoms with E-state index in [9.17, 15) is 10.2 Å². The van der Waals surface area contributed by atoms with Crippen LogP contribution in [-0.2, 0) is 4.84 Å². The van der Waals surface area contributed by atoms with Crippen LogP contribution in [-0.4, -0.2) is 34.2 Å². The lowest BCUT2D eigenvalue weighted by Crippen LogP contribution is -2.05. The van der Waals surface area contributed by atoms with Crippen molar-refractivity contribution in [2.24, 2.45) is 5.16 Å². The lowest BCUT2D eigenvalue weighted by molar-refractivity contribution is 0.0989. The zero-order valence-electron chi connectivity index (χ0n) is 10.7. The third kappa shape index (κ3) is 3.49. The molecule has 104 valence electrons. The van der Waals surface area contributed by atoms with Gasteiger partial charge in [-0.05, 0) is 48.5 Å². The van der Waals surface area contributed by atoms with Gasteiger partial charge < -0.3 is 20.2 Å². The summed E-state index contributed by atoms with van der Waals surface area (Å²) in [6.45, 7) is -0.0262. The van der Waals surface area contributed by atoms with Crippen molar-refractivity contribution in [1.29, 1.82) is 0 Å². The van der Waals surface area contributed by atoms with Crippen molar-refractivity contribution in [3.05, 3.63) is 59.7 Å². The Labute approximate surface area is 116 Å². The summed E-state index contributed by atoms with van der Waals surface area (Å²) >= 11 is 0. The van der Waals surface area contributed by atoms with Gasteiger partial charge in [-0.3, -0.25) is 0 Å². The van der Waals surface area contributed by atoms with Crippen LogP contribution >= 0.6 is 0 Å². The second kappa shape index (κ2) is 6.58. The number of benzene rings is 2. The van der Waals surface area contributed by atoms with E-state index in [1.54, 1.807) is 48.5 Å². The smallest absolute Gasteiger partial charge is 0.140 e. The van der Waals surface area contributed by atoms with E-state index in [-0.39, 0.29) is 24.7 Å². The minimum atomic E-state index is -0.123. The van der Waals surface area contributed by atoms with Crippen molar-refractivity contribution >= 4 is 5.71 Å². The number of aliphatic hydroxyl groups is 1. The molecule has 0 atom stereocenters. The van der Waals surface area contributed by atoms with Gasteiger partial charge in [0.2, 0.25) is 0 Å². The average Bonchev–Trinajstić information content (AvgIpc) is 2.46. The largest absolute Gasteiger partial charge is 0.508 e. The Morgan fingerprint density at radius 1 is 0.850 bits per heavy atom. The number of phenolic OH excluding ortho intramolecular Hbond substituents is 2. The Morgan fingerprint density at radius 3 is 1.70 bits per heavy atom. The Hall–Kier alpha value is -2.53. The molecule has 0 fully saturated rings. The Bertz CT molecular complexity index is 528. The Morgan fingerprint density at radius 2 is 1.30 bits per heavy atom. The molecular formula is C15H15NO4. The van der Waals surface area contributed by atoms with E-state index in [0.29, 0.717) is 5.71 Å². The molecule has 2 aromatic carbocycles. The van der Waals surface area contributed by atoms with Crippen LogP contribution in [0, 0.1) is 0 Å². The van der Waals surface area contributed by atoms with Gasteiger partial charge in [0.05, 0.1) is 6.61 Å². The molecule has 0 aliphatic heterocycles. The van der Waals surface area contributed by atoms with Gasteiger partial charge in [-0.25, -0.2) is 0 Å². The van der Waals surface area contributed by atoms with Crippen LogP contribution in [0.1, 0.15) is 11.1 Å². The first kappa shape index (κ1) is 13.9. The molecular weight excluding hydrogens is 258 g/mol. The molecule has 5 heteroatoms. The van der Waals surface area contributed by atoms with Crippen LogP contribution in [0.5, 0.6) is 11.5 Å². The van der Waals surface area contributed by atoms with E-state index in [2.05, 4.69) is 5.16 Å². The topological polar surface area (TPSA) is 82.3 Å². The van der Waals surface area contributed by atoms with E-state index in [1.807, 2.05) is 0 Å². The molecule has 2 aromatic rings. The summed E-state index contributed by atoms with van der Waals surface area (Å²) < 4.78 is 0. The molecule has 0 aromatic heterocycles. The first-order valence-corrected chi connectivity index (χ1v) is 6.10. The number of rotatable bonds is 5. The van der Waals surface area contributed by atoms with Crippen LogP contribution in [0.4, 0.5) is 0 Å².